The fraction of sp³-hybridized carbons (Fsp3) is 0.500. The summed E-state index contributed by atoms with van der Waals surface area (Å²) in [4.78, 5) is 24.3. The van der Waals surface area contributed by atoms with E-state index in [0.29, 0.717) is 11.5 Å². The van der Waals surface area contributed by atoms with E-state index in [4.69, 9.17) is 18.9 Å². The summed E-state index contributed by atoms with van der Waals surface area (Å²) >= 11 is 0. The molecule has 0 bridgehead atoms. The van der Waals surface area contributed by atoms with Crippen molar-refractivity contribution in [2.24, 2.45) is 5.92 Å². The van der Waals surface area contributed by atoms with E-state index in [1.54, 1.807) is 32.9 Å². The second-order valence-corrected chi connectivity index (χ2v) is 4.88. The van der Waals surface area contributed by atoms with Crippen LogP contribution >= 0.6 is 0 Å². The number of esters is 2. The molecule has 1 aromatic rings. The zero-order valence-corrected chi connectivity index (χ0v) is 13.0. The van der Waals surface area contributed by atoms with Gasteiger partial charge in [0.25, 0.3) is 0 Å². The van der Waals surface area contributed by atoms with Crippen LogP contribution in [-0.4, -0.2) is 31.9 Å². The van der Waals surface area contributed by atoms with Gasteiger partial charge in [-0.25, -0.2) is 0 Å². The lowest BCUT2D eigenvalue weighted by molar-refractivity contribution is -0.162. The molecule has 0 saturated carbocycles. The first-order valence-corrected chi connectivity index (χ1v) is 7.31. The number of rotatable bonds is 6. The van der Waals surface area contributed by atoms with E-state index in [0.717, 1.165) is 5.56 Å². The zero-order chi connectivity index (χ0) is 16.1. The summed E-state index contributed by atoms with van der Waals surface area (Å²) in [5.74, 6) is -1.29. The minimum atomic E-state index is -1.000. The Kier molecular flexibility index (Phi) is 5.25. The number of hydrogen-bond acceptors (Lipinski definition) is 6. The van der Waals surface area contributed by atoms with E-state index in [-0.39, 0.29) is 20.0 Å². The van der Waals surface area contributed by atoms with E-state index < -0.39 is 23.8 Å². The van der Waals surface area contributed by atoms with E-state index >= 15 is 0 Å². The Morgan fingerprint density at radius 3 is 2.27 bits per heavy atom. The van der Waals surface area contributed by atoms with Crippen LogP contribution in [0.15, 0.2) is 18.2 Å². The molecular weight excluding hydrogens is 288 g/mol. The molecule has 2 rings (SSSR count). The van der Waals surface area contributed by atoms with Crippen molar-refractivity contribution < 1.29 is 28.5 Å². The maximum atomic E-state index is 12.1. The van der Waals surface area contributed by atoms with Crippen molar-refractivity contribution in [1.82, 2.24) is 0 Å². The van der Waals surface area contributed by atoms with Crippen molar-refractivity contribution in [1.29, 1.82) is 0 Å². The molecule has 0 aromatic heterocycles. The highest BCUT2D eigenvalue weighted by molar-refractivity contribution is 5.96. The molecule has 1 aliphatic heterocycles. The number of fused-ring (bicyclic) bond motifs is 1. The Balaban J connectivity index is 2.25. The molecule has 0 radical (unpaired) electrons. The first kappa shape index (κ1) is 16.1. The molecular formula is C16H20O6. The first-order chi connectivity index (χ1) is 10.6. The smallest absolute Gasteiger partial charge is 0.320 e. The van der Waals surface area contributed by atoms with Gasteiger partial charge in [0.05, 0.1) is 13.2 Å². The molecule has 0 saturated heterocycles. The van der Waals surface area contributed by atoms with Crippen LogP contribution in [0.2, 0.25) is 0 Å². The third kappa shape index (κ3) is 3.32. The molecule has 0 N–H and O–H groups in total. The predicted octanol–water partition coefficient (Wildman–Crippen LogP) is 2.26. The fourth-order valence-electron chi connectivity index (χ4n) is 2.36. The highest BCUT2D eigenvalue weighted by Crippen LogP contribution is 2.36. The van der Waals surface area contributed by atoms with Crippen LogP contribution in [0.1, 0.15) is 32.3 Å². The fourth-order valence-corrected chi connectivity index (χ4v) is 2.36. The normalized spacial score (nSPS) is 13.8. The van der Waals surface area contributed by atoms with Gasteiger partial charge in [0.15, 0.2) is 17.4 Å². The third-order valence-corrected chi connectivity index (χ3v) is 3.50. The lowest BCUT2D eigenvalue weighted by atomic mass is 9.87. The molecule has 1 aromatic carbocycles. The lowest BCUT2D eigenvalue weighted by Crippen LogP contribution is -2.32. The molecule has 1 atom stereocenters. The standard InChI is InChI=1S/C16H20O6/c1-4-19-15(17)14(16(18)20-5-2)10(3)11-6-7-12-13(8-11)22-9-21-12/h6-8,10,14H,4-5,9H2,1-3H3/t10-/m0/s1. The van der Waals surface area contributed by atoms with Gasteiger partial charge in [-0.15, -0.1) is 0 Å². The molecule has 0 unspecified atom stereocenters. The second kappa shape index (κ2) is 7.15. The number of hydrogen-bond donors (Lipinski definition) is 0. The summed E-state index contributed by atoms with van der Waals surface area (Å²) < 4.78 is 20.6. The van der Waals surface area contributed by atoms with Crippen molar-refractivity contribution in [2.75, 3.05) is 20.0 Å². The molecule has 6 nitrogen and oxygen atoms in total. The van der Waals surface area contributed by atoms with E-state index in [9.17, 15) is 9.59 Å². The topological polar surface area (TPSA) is 71.1 Å². The van der Waals surface area contributed by atoms with Crippen molar-refractivity contribution in [3.63, 3.8) is 0 Å². The van der Waals surface area contributed by atoms with Crippen LogP contribution in [0.25, 0.3) is 0 Å². The number of benzene rings is 1. The Morgan fingerprint density at radius 1 is 1.09 bits per heavy atom. The number of carbonyl (C=O) groups excluding carboxylic acids is 2. The largest absolute Gasteiger partial charge is 0.465 e. The maximum Gasteiger partial charge on any atom is 0.320 e. The second-order valence-electron chi connectivity index (χ2n) is 4.88. The predicted molar refractivity (Wildman–Crippen MR) is 77.7 cm³/mol. The molecule has 22 heavy (non-hydrogen) atoms. The van der Waals surface area contributed by atoms with Crippen molar-refractivity contribution in [2.45, 2.75) is 26.7 Å². The van der Waals surface area contributed by atoms with Gasteiger partial charge in [0.2, 0.25) is 6.79 Å². The van der Waals surface area contributed by atoms with Crippen LogP contribution in [0.4, 0.5) is 0 Å². The number of ether oxygens (including phenoxy) is 4. The molecule has 0 spiro atoms. The zero-order valence-electron chi connectivity index (χ0n) is 13.0. The Bertz CT molecular complexity index is 536. The maximum absolute atomic E-state index is 12.1. The highest BCUT2D eigenvalue weighted by Gasteiger charge is 2.36. The van der Waals surface area contributed by atoms with Gasteiger partial charge < -0.3 is 18.9 Å². The summed E-state index contributed by atoms with van der Waals surface area (Å²) in [5, 5.41) is 0. The highest BCUT2D eigenvalue weighted by atomic mass is 16.7. The van der Waals surface area contributed by atoms with Crippen LogP contribution in [-0.2, 0) is 19.1 Å². The van der Waals surface area contributed by atoms with Crippen molar-refractivity contribution in [3.8, 4) is 11.5 Å². The summed E-state index contributed by atoms with van der Waals surface area (Å²) in [6.07, 6.45) is 0. The minimum absolute atomic E-state index is 0.173. The molecule has 1 heterocycles. The summed E-state index contributed by atoms with van der Waals surface area (Å²) in [6, 6.07) is 5.35. The molecule has 0 fully saturated rings. The van der Waals surface area contributed by atoms with Gasteiger partial charge >= 0.3 is 11.9 Å². The SMILES string of the molecule is CCOC(=O)C(C(=O)OCC)[C@@H](C)c1ccc2c(c1)OCO2. The monoisotopic (exact) mass is 308 g/mol. The van der Waals surface area contributed by atoms with Crippen LogP contribution < -0.4 is 9.47 Å². The van der Waals surface area contributed by atoms with Gasteiger partial charge in [0.1, 0.15) is 0 Å². The average Bonchev–Trinajstić information content (AvgIpc) is 2.95. The molecule has 120 valence electrons. The van der Waals surface area contributed by atoms with Crippen molar-refractivity contribution in [3.05, 3.63) is 23.8 Å². The quantitative estimate of drug-likeness (QED) is 0.593. The average molecular weight is 308 g/mol. The summed E-state index contributed by atoms with van der Waals surface area (Å²) in [7, 11) is 0. The van der Waals surface area contributed by atoms with Crippen LogP contribution in [0.5, 0.6) is 11.5 Å². The van der Waals surface area contributed by atoms with E-state index in [2.05, 4.69) is 0 Å². The van der Waals surface area contributed by atoms with Gasteiger partial charge in [-0.3, -0.25) is 9.59 Å². The van der Waals surface area contributed by atoms with E-state index in [1.807, 2.05) is 6.07 Å². The Morgan fingerprint density at radius 2 is 1.68 bits per heavy atom. The van der Waals surface area contributed by atoms with Crippen LogP contribution in [0, 0.1) is 5.92 Å². The van der Waals surface area contributed by atoms with Gasteiger partial charge in [0, 0.05) is 5.92 Å². The van der Waals surface area contributed by atoms with Crippen molar-refractivity contribution >= 4 is 11.9 Å². The molecule has 6 heteroatoms. The first-order valence-electron chi connectivity index (χ1n) is 7.31. The van der Waals surface area contributed by atoms with Gasteiger partial charge in [-0.05, 0) is 31.5 Å². The van der Waals surface area contributed by atoms with Gasteiger partial charge in [-0.1, -0.05) is 13.0 Å². The minimum Gasteiger partial charge on any atom is -0.465 e. The van der Waals surface area contributed by atoms with Gasteiger partial charge in [-0.2, -0.15) is 0 Å². The Hall–Kier alpha value is -2.24. The summed E-state index contributed by atoms with van der Waals surface area (Å²) in [6.45, 7) is 5.78. The Labute approximate surface area is 129 Å². The van der Waals surface area contributed by atoms with E-state index in [1.165, 1.54) is 0 Å². The molecule has 1 aliphatic rings. The third-order valence-electron chi connectivity index (χ3n) is 3.50. The summed E-state index contributed by atoms with van der Waals surface area (Å²) in [5.41, 5.74) is 0.787. The van der Waals surface area contributed by atoms with Crippen LogP contribution in [0.3, 0.4) is 0 Å². The number of carbonyl (C=O) groups is 2. The molecule has 0 amide bonds. The lowest BCUT2D eigenvalue weighted by Gasteiger charge is -2.21. The molecule has 0 aliphatic carbocycles.